The van der Waals surface area contributed by atoms with Crippen LogP contribution in [0, 0.1) is 0 Å². The largest absolute Gasteiger partial charge is 0.444 e. The summed E-state index contributed by atoms with van der Waals surface area (Å²) in [6.07, 6.45) is -7.51. The van der Waals surface area contributed by atoms with Crippen LogP contribution in [0.2, 0.25) is 0 Å². The molecule has 0 spiro atoms. The molecule has 8 N–H and O–H groups in total. The normalized spacial score (nSPS) is 37.7. The Morgan fingerprint density at radius 1 is 0.933 bits per heavy atom. The van der Waals surface area contributed by atoms with E-state index in [1.54, 1.807) is 0 Å². The quantitative estimate of drug-likeness (QED) is 0.0978. The number of nitrogen functional groups attached to an aromatic ring is 2. The monoisotopic (exact) mass is 684 g/mol. The van der Waals surface area contributed by atoms with Crippen LogP contribution >= 0.6 is 14.2 Å². The molecule has 3 saturated heterocycles. The maximum atomic E-state index is 13.4. The Labute approximate surface area is 256 Å². The van der Waals surface area contributed by atoms with Crippen molar-refractivity contribution in [2.75, 3.05) is 24.7 Å². The van der Waals surface area contributed by atoms with Crippen LogP contribution in [0.1, 0.15) is 12.5 Å². The highest BCUT2D eigenvalue weighted by molar-refractivity contribution is 8.07. The Kier molecular flexibility index (Phi) is 7.59. The number of anilines is 2. The van der Waals surface area contributed by atoms with Crippen LogP contribution in [0.3, 0.4) is 0 Å². The van der Waals surface area contributed by atoms with Crippen molar-refractivity contribution in [1.29, 1.82) is 0 Å². The number of aromatic amines is 1. The first-order valence-electron chi connectivity index (χ1n) is 13.0. The van der Waals surface area contributed by atoms with Crippen LogP contribution in [0.5, 0.6) is 0 Å². The lowest BCUT2D eigenvalue weighted by Gasteiger charge is -2.34. The molecule has 0 saturated carbocycles. The fraction of sp³-hybridized carbons (Fsp3) is 0.500. The van der Waals surface area contributed by atoms with Crippen LogP contribution in [0.15, 0.2) is 23.8 Å². The lowest BCUT2D eigenvalue weighted by molar-refractivity contribution is -0.0590. The van der Waals surface area contributed by atoms with Crippen LogP contribution in [-0.2, 0) is 43.9 Å². The zero-order valence-electron chi connectivity index (χ0n) is 22.5. The van der Waals surface area contributed by atoms with Gasteiger partial charge in [-0.15, -0.1) is 0 Å². The minimum absolute atomic E-state index is 0.0469. The van der Waals surface area contributed by atoms with E-state index in [4.69, 9.17) is 58.4 Å². The predicted octanol–water partition coefficient (Wildman–Crippen LogP) is -2.05. The number of aliphatic hydroxyl groups excluding tert-OH is 2. The Hall–Kier alpha value is -2.92. The van der Waals surface area contributed by atoms with Crippen molar-refractivity contribution >= 4 is 67.7 Å². The SMILES string of the molecule is [B-]P1(=O)OC[C@H]2O[C@@H](n3cnc4c(N)ncnc43)[C@@H](O)C2OP(O)(=S)OC[C@H]2O[C@@H](n3cnc4c(=O)[nH]c(N)nc43)[C@@H](O1)C2O. The molecule has 21 nitrogen and oxygen atoms in total. The van der Waals surface area contributed by atoms with Crippen molar-refractivity contribution in [2.24, 2.45) is 0 Å². The van der Waals surface area contributed by atoms with Crippen molar-refractivity contribution in [3.05, 3.63) is 29.3 Å². The highest BCUT2D eigenvalue weighted by Crippen LogP contribution is 2.53. The van der Waals surface area contributed by atoms with Gasteiger partial charge in [-0.3, -0.25) is 23.4 Å². The van der Waals surface area contributed by atoms with E-state index in [0.29, 0.717) is 0 Å². The number of aliphatic hydroxyl groups is 2. The third-order valence-corrected chi connectivity index (χ3v) is 9.96. The molecule has 3 fully saturated rings. The summed E-state index contributed by atoms with van der Waals surface area (Å²) in [6, 6.07) is 0. The minimum atomic E-state index is -4.56. The fourth-order valence-corrected chi connectivity index (χ4v) is 7.75. The van der Waals surface area contributed by atoms with E-state index in [-0.39, 0.29) is 34.1 Å². The molecule has 4 unspecified atom stereocenters. The second-order valence-corrected chi connectivity index (χ2v) is 14.5. The lowest BCUT2D eigenvalue weighted by Crippen LogP contribution is -2.36. The second-order valence-electron chi connectivity index (χ2n) is 10.2. The summed E-state index contributed by atoms with van der Waals surface area (Å²) in [6.45, 7) is -5.39. The molecular formula is C20H23BN10O11P2S-. The summed E-state index contributed by atoms with van der Waals surface area (Å²) >= 11 is 5.20. The third-order valence-electron chi connectivity index (χ3n) is 7.35. The predicted molar refractivity (Wildman–Crippen MR) is 154 cm³/mol. The fourth-order valence-electron chi connectivity index (χ4n) is 5.32. The summed E-state index contributed by atoms with van der Waals surface area (Å²) < 4.78 is 50.1. The van der Waals surface area contributed by atoms with Crippen LogP contribution in [0.25, 0.3) is 22.3 Å². The molecule has 25 heteroatoms. The van der Waals surface area contributed by atoms with Gasteiger partial charge < -0.3 is 61.7 Å². The van der Waals surface area contributed by atoms with E-state index in [0.717, 1.165) is 0 Å². The molecule has 2 bridgehead atoms. The summed E-state index contributed by atoms with van der Waals surface area (Å²) in [4.78, 5) is 45.9. The van der Waals surface area contributed by atoms with Gasteiger partial charge in [0.2, 0.25) is 5.95 Å². The van der Waals surface area contributed by atoms with E-state index < -0.39 is 82.0 Å². The van der Waals surface area contributed by atoms with Gasteiger partial charge in [0.05, 0.1) is 33.3 Å². The van der Waals surface area contributed by atoms with Crippen LogP contribution in [0.4, 0.5) is 11.8 Å². The average Bonchev–Trinajstić information content (AvgIpc) is 3.72. The Balaban J connectivity index is 1.21. The number of hydrogen-bond acceptors (Lipinski definition) is 18. The van der Waals surface area contributed by atoms with E-state index in [1.165, 1.54) is 28.1 Å². The van der Waals surface area contributed by atoms with Gasteiger partial charge in [0.15, 0.2) is 35.1 Å². The number of hydrogen-bond donors (Lipinski definition) is 6. The van der Waals surface area contributed by atoms with Gasteiger partial charge in [0, 0.05) is 0 Å². The average molecular weight is 684 g/mol. The van der Waals surface area contributed by atoms with Gasteiger partial charge >= 0.3 is 6.72 Å². The zero-order valence-corrected chi connectivity index (χ0v) is 25.1. The summed E-state index contributed by atoms with van der Waals surface area (Å²) in [7, 11) is 1.38. The van der Waals surface area contributed by atoms with Crippen molar-refractivity contribution in [1.82, 2.24) is 39.0 Å². The van der Waals surface area contributed by atoms with Gasteiger partial charge in [0.25, 0.3) is 5.56 Å². The molecule has 10 atom stereocenters. The van der Waals surface area contributed by atoms with Gasteiger partial charge in [-0.05, 0) is 11.8 Å². The molecule has 7 heterocycles. The molecule has 0 aliphatic carbocycles. The zero-order chi connectivity index (χ0) is 31.8. The second kappa shape index (κ2) is 11.1. The Morgan fingerprint density at radius 2 is 1.62 bits per heavy atom. The molecule has 4 aromatic rings. The first-order valence-corrected chi connectivity index (χ1v) is 17.2. The lowest BCUT2D eigenvalue weighted by atomic mass is 10.1. The van der Waals surface area contributed by atoms with E-state index in [9.17, 15) is 24.5 Å². The third kappa shape index (κ3) is 5.47. The number of imidazole rings is 2. The molecule has 3 radical (unpaired) electrons. The van der Waals surface area contributed by atoms with E-state index >= 15 is 0 Å². The molecule has 0 amide bonds. The number of rotatable bonds is 2. The minimum Gasteiger partial charge on any atom is -0.444 e. The molecule has 4 aromatic heterocycles. The van der Waals surface area contributed by atoms with E-state index in [1.807, 2.05) is 0 Å². The smallest absolute Gasteiger partial charge is 0.325 e. The Bertz CT molecular complexity index is 1950. The van der Waals surface area contributed by atoms with Crippen LogP contribution in [-0.4, -0.2) is 112 Å². The number of H-pyrrole nitrogens is 1. The maximum absolute atomic E-state index is 13.4. The van der Waals surface area contributed by atoms with Crippen LogP contribution < -0.4 is 17.0 Å². The number of nitrogens with two attached hydrogens (primary N) is 2. The van der Waals surface area contributed by atoms with Crippen molar-refractivity contribution < 1.29 is 47.2 Å². The molecule has 239 valence electrons. The number of aromatic nitrogens is 8. The number of fused-ring (bicyclic) bond motifs is 5. The number of nitrogens with one attached hydrogen (secondary N) is 1. The molecule has 0 aromatic carbocycles. The summed E-state index contributed by atoms with van der Waals surface area (Å²) in [5, 5.41) is 22.4. The summed E-state index contributed by atoms with van der Waals surface area (Å²) in [5.74, 6) is -0.148. The molecular weight excluding hydrogens is 661 g/mol. The first kappa shape index (κ1) is 30.7. The van der Waals surface area contributed by atoms with Crippen molar-refractivity contribution in [2.45, 2.75) is 49.1 Å². The standard InChI is InChI=1S/C20H23BN10O11P2S/c21-43(35)37-2-7-12(11(33)18(40-7)30-4-26-8-14(22)24-3-25-15(8)30)42-44(36,45)38-1-6-10(32)13(41-43)19(39-6)31-5-27-9-16(31)28-20(23)29-17(9)34/h3-7,10-13,18-19,32-33H,1-2H2,(H,36,45)(H2,22,24,25)(H3,23,28,29,34)/q-1/t6-,7-,10?,11+,12?,13+,18-,19-,43?,44?/m1/s1. The maximum Gasteiger partial charge on any atom is 0.325 e. The number of nitrogens with zero attached hydrogens (tertiary/aromatic N) is 7. The van der Waals surface area contributed by atoms with Gasteiger partial charge in [-0.1, -0.05) is 0 Å². The highest BCUT2D eigenvalue weighted by Gasteiger charge is 2.51. The summed E-state index contributed by atoms with van der Waals surface area (Å²) in [5.41, 5.74) is 11.2. The number of ether oxygens (including phenoxy) is 2. The first-order chi connectivity index (χ1) is 21.3. The van der Waals surface area contributed by atoms with Gasteiger partial charge in [0.1, 0.15) is 48.5 Å². The van der Waals surface area contributed by atoms with Crippen molar-refractivity contribution in [3.63, 3.8) is 0 Å². The van der Waals surface area contributed by atoms with E-state index in [2.05, 4.69) is 29.9 Å². The molecule has 7 rings (SSSR count). The molecule has 45 heavy (non-hydrogen) atoms. The molecule has 3 aliphatic rings. The van der Waals surface area contributed by atoms with Crippen molar-refractivity contribution in [3.8, 4) is 0 Å². The van der Waals surface area contributed by atoms with Gasteiger partial charge in [-0.2, -0.15) is 4.98 Å². The van der Waals surface area contributed by atoms with Gasteiger partial charge in [-0.25, -0.2) is 19.9 Å². The Morgan fingerprint density at radius 3 is 2.40 bits per heavy atom. The topological polar surface area (TPSA) is 292 Å². The highest BCUT2D eigenvalue weighted by atomic mass is 32.5. The molecule has 3 aliphatic heterocycles.